The van der Waals surface area contributed by atoms with Crippen LogP contribution in [-0.2, 0) is 14.2 Å². The van der Waals surface area contributed by atoms with Gasteiger partial charge in [-0.1, -0.05) is 30.3 Å². The lowest BCUT2D eigenvalue weighted by molar-refractivity contribution is -0.226. The molecular weight excluding hydrogens is 254 g/mol. The van der Waals surface area contributed by atoms with Crippen molar-refractivity contribution in [2.24, 2.45) is 5.73 Å². The summed E-state index contributed by atoms with van der Waals surface area (Å²) < 4.78 is 17.2. The molecule has 0 aromatic heterocycles. The molecule has 1 aliphatic heterocycles. The van der Waals surface area contributed by atoms with E-state index >= 15 is 0 Å². The largest absolute Gasteiger partial charge is 0.382 e. The fourth-order valence-corrected chi connectivity index (χ4v) is 2.58. The van der Waals surface area contributed by atoms with E-state index in [9.17, 15) is 0 Å². The standard InChI is InChI=1S/C16H25NO3/c1-12(17)16(13-7-4-3-5-8-13)20-15-10-6-9-14(19-15)11-18-2/h3-5,7-8,12,14-16H,6,9-11,17H2,1-2H3. The van der Waals surface area contributed by atoms with Crippen LogP contribution in [0.2, 0.25) is 0 Å². The van der Waals surface area contributed by atoms with E-state index in [1.165, 1.54) is 0 Å². The van der Waals surface area contributed by atoms with E-state index < -0.39 is 0 Å². The van der Waals surface area contributed by atoms with Crippen LogP contribution in [0.4, 0.5) is 0 Å². The van der Waals surface area contributed by atoms with Crippen molar-refractivity contribution >= 4 is 0 Å². The van der Waals surface area contributed by atoms with Gasteiger partial charge in [0.05, 0.1) is 12.7 Å². The summed E-state index contributed by atoms with van der Waals surface area (Å²) in [5.41, 5.74) is 7.17. The van der Waals surface area contributed by atoms with Gasteiger partial charge in [-0.3, -0.25) is 0 Å². The van der Waals surface area contributed by atoms with Crippen LogP contribution in [-0.4, -0.2) is 32.2 Å². The molecule has 1 fully saturated rings. The summed E-state index contributed by atoms with van der Waals surface area (Å²) in [5.74, 6) is 0. The first-order valence-electron chi connectivity index (χ1n) is 7.31. The zero-order valence-corrected chi connectivity index (χ0v) is 12.3. The number of nitrogens with two attached hydrogens (primary N) is 1. The fraction of sp³-hybridized carbons (Fsp3) is 0.625. The molecule has 0 spiro atoms. The van der Waals surface area contributed by atoms with Gasteiger partial charge in [-0.15, -0.1) is 0 Å². The van der Waals surface area contributed by atoms with Gasteiger partial charge in [0.1, 0.15) is 6.10 Å². The highest BCUT2D eigenvalue weighted by molar-refractivity contribution is 5.18. The molecule has 112 valence electrons. The van der Waals surface area contributed by atoms with E-state index in [4.69, 9.17) is 19.9 Å². The summed E-state index contributed by atoms with van der Waals surface area (Å²) in [5, 5.41) is 0. The quantitative estimate of drug-likeness (QED) is 0.869. The lowest BCUT2D eigenvalue weighted by Gasteiger charge is -2.33. The smallest absolute Gasteiger partial charge is 0.158 e. The molecule has 0 saturated carbocycles. The zero-order valence-electron chi connectivity index (χ0n) is 12.3. The Balaban J connectivity index is 1.98. The van der Waals surface area contributed by atoms with Crippen LogP contribution >= 0.6 is 0 Å². The second kappa shape index (κ2) is 7.74. The normalized spacial score (nSPS) is 26.1. The highest BCUT2D eigenvalue weighted by Gasteiger charge is 2.27. The third-order valence-corrected chi connectivity index (χ3v) is 3.57. The van der Waals surface area contributed by atoms with Gasteiger partial charge in [0, 0.05) is 13.2 Å². The third-order valence-electron chi connectivity index (χ3n) is 3.57. The number of rotatable bonds is 6. The maximum absolute atomic E-state index is 6.11. The molecule has 2 rings (SSSR count). The molecule has 1 aromatic rings. The molecule has 2 N–H and O–H groups in total. The van der Waals surface area contributed by atoms with Crippen molar-refractivity contribution in [1.29, 1.82) is 0 Å². The predicted molar refractivity (Wildman–Crippen MR) is 78.3 cm³/mol. The maximum atomic E-state index is 6.11. The van der Waals surface area contributed by atoms with Gasteiger partial charge in [0.2, 0.25) is 0 Å². The van der Waals surface area contributed by atoms with E-state index in [0.29, 0.717) is 6.61 Å². The number of hydrogen-bond donors (Lipinski definition) is 1. The Labute approximate surface area is 121 Å². The molecule has 0 bridgehead atoms. The Morgan fingerprint density at radius 3 is 2.70 bits per heavy atom. The molecule has 4 unspecified atom stereocenters. The molecule has 0 amide bonds. The first-order valence-corrected chi connectivity index (χ1v) is 7.31. The van der Waals surface area contributed by atoms with Gasteiger partial charge in [0.15, 0.2) is 6.29 Å². The van der Waals surface area contributed by atoms with Gasteiger partial charge < -0.3 is 19.9 Å². The second-order valence-corrected chi connectivity index (χ2v) is 5.40. The Morgan fingerprint density at radius 1 is 1.30 bits per heavy atom. The van der Waals surface area contributed by atoms with Crippen LogP contribution in [0.3, 0.4) is 0 Å². The van der Waals surface area contributed by atoms with E-state index in [1.807, 2.05) is 37.3 Å². The molecular formula is C16H25NO3. The van der Waals surface area contributed by atoms with E-state index in [1.54, 1.807) is 7.11 Å². The van der Waals surface area contributed by atoms with E-state index in [-0.39, 0.29) is 24.5 Å². The van der Waals surface area contributed by atoms with Crippen LogP contribution < -0.4 is 5.73 Å². The molecule has 4 heteroatoms. The first kappa shape index (κ1) is 15.4. The summed E-state index contributed by atoms with van der Waals surface area (Å²) in [6, 6.07) is 10.0. The average Bonchev–Trinajstić information content (AvgIpc) is 2.46. The molecule has 1 heterocycles. The predicted octanol–water partition coefficient (Wildman–Crippen LogP) is 2.63. The van der Waals surface area contributed by atoms with Crippen molar-refractivity contribution in [3.05, 3.63) is 35.9 Å². The molecule has 0 aliphatic carbocycles. The number of ether oxygens (including phenoxy) is 3. The Hall–Kier alpha value is -0.940. The van der Waals surface area contributed by atoms with Crippen molar-refractivity contribution in [1.82, 2.24) is 0 Å². The number of hydrogen-bond acceptors (Lipinski definition) is 4. The number of benzene rings is 1. The van der Waals surface area contributed by atoms with Crippen molar-refractivity contribution in [2.45, 2.75) is 50.7 Å². The van der Waals surface area contributed by atoms with E-state index in [0.717, 1.165) is 24.8 Å². The van der Waals surface area contributed by atoms with Gasteiger partial charge in [0.25, 0.3) is 0 Å². The van der Waals surface area contributed by atoms with Crippen LogP contribution in [0.15, 0.2) is 30.3 Å². The van der Waals surface area contributed by atoms with Crippen molar-refractivity contribution in [2.75, 3.05) is 13.7 Å². The van der Waals surface area contributed by atoms with Crippen LogP contribution in [0, 0.1) is 0 Å². The van der Waals surface area contributed by atoms with Crippen molar-refractivity contribution < 1.29 is 14.2 Å². The minimum Gasteiger partial charge on any atom is -0.382 e. The maximum Gasteiger partial charge on any atom is 0.158 e. The minimum atomic E-state index is -0.194. The molecule has 1 saturated heterocycles. The van der Waals surface area contributed by atoms with Crippen LogP contribution in [0.1, 0.15) is 37.9 Å². The molecule has 4 atom stereocenters. The lowest BCUT2D eigenvalue weighted by atomic mass is 10.0. The summed E-state index contributed by atoms with van der Waals surface area (Å²) in [6.07, 6.45) is 2.84. The zero-order chi connectivity index (χ0) is 14.4. The van der Waals surface area contributed by atoms with Gasteiger partial charge in [-0.25, -0.2) is 0 Å². The highest BCUT2D eigenvalue weighted by atomic mass is 16.7. The topological polar surface area (TPSA) is 53.7 Å². The first-order chi connectivity index (χ1) is 9.70. The molecule has 1 aromatic carbocycles. The van der Waals surface area contributed by atoms with Gasteiger partial charge in [-0.05, 0) is 31.7 Å². The Kier molecular flexibility index (Phi) is 5.98. The lowest BCUT2D eigenvalue weighted by Crippen LogP contribution is -2.37. The molecule has 20 heavy (non-hydrogen) atoms. The monoisotopic (exact) mass is 279 g/mol. The van der Waals surface area contributed by atoms with Crippen LogP contribution in [0.5, 0.6) is 0 Å². The number of methoxy groups -OCH3 is 1. The highest BCUT2D eigenvalue weighted by Crippen LogP contribution is 2.27. The third kappa shape index (κ3) is 4.28. The SMILES string of the molecule is COCC1CCCC(OC(c2ccccc2)C(C)N)O1. The van der Waals surface area contributed by atoms with Gasteiger partial charge >= 0.3 is 0 Å². The summed E-state index contributed by atoms with van der Waals surface area (Å²) >= 11 is 0. The fourth-order valence-electron chi connectivity index (χ4n) is 2.58. The molecule has 0 radical (unpaired) electrons. The van der Waals surface area contributed by atoms with Crippen LogP contribution in [0.25, 0.3) is 0 Å². The average molecular weight is 279 g/mol. The minimum absolute atomic E-state index is 0.0798. The molecule has 1 aliphatic rings. The Morgan fingerprint density at radius 2 is 2.05 bits per heavy atom. The van der Waals surface area contributed by atoms with Gasteiger partial charge in [-0.2, -0.15) is 0 Å². The van der Waals surface area contributed by atoms with Crippen molar-refractivity contribution in [3.63, 3.8) is 0 Å². The summed E-state index contributed by atoms with van der Waals surface area (Å²) in [7, 11) is 1.70. The summed E-state index contributed by atoms with van der Waals surface area (Å²) in [6.45, 7) is 2.58. The summed E-state index contributed by atoms with van der Waals surface area (Å²) in [4.78, 5) is 0. The van der Waals surface area contributed by atoms with Crippen molar-refractivity contribution in [3.8, 4) is 0 Å². The van der Waals surface area contributed by atoms with E-state index in [2.05, 4.69) is 0 Å². The Bertz CT molecular complexity index is 381. The second-order valence-electron chi connectivity index (χ2n) is 5.40. The molecule has 4 nitrogen and oxygen atoms in total.